The van der Waals surface area contributed by atoms with E-state index >= 15 is 0 Å². The Balaban J connectivity index is 2.23. The fourth-order valence-electron chi connectivity index (χ4n) is 2.49. The molecule has 96 valence electrons. The number of rotatable bonds is 7. The van der Waals surface area contributed by atoms with Gasteiger partial charge < -0.3 is 5.32 Å². The van der Waals surface area contributed by atoms with Crippen molar-refractivity contribution in [2.45, 2.75) is 58.9 Å². The van der Waals surface area contributed by atoms with Crippen molar-refractivity contribution in [1.82, 2.24) is 10.2 Å². The number of nitrogens with zero attached hydrogens (tertiary/aromatic N) is 1. The van der Waals surface area contributed by atoms with E-state index in [1.165, 1.54) is 51.7 Å². The lowest BCUT2D eigenvalue weighted by atomic mass is 10.0. The maximum atomic E-state index is 3.62. The number of piperidine rings is 1. The standard InChI is InChI=1S/C14H30N2/c1-4-5-9-16-10-7-6-8-14(16)12-15-11-13(2)3/h13-15H,4-12H2,1-3H3. The van der Waals surface area contributed by atoms with E-state index in [2.05, 4.69) is 31.0 Å². The molecule has 1 fully saturated rings. The summed E-state index contributed by atoms with van der Waals surface area (Å²) in [7, 11) is 0. The van der Waals surface area contributed by atoms with E-state index < -0.39 is 0 Å². The van der Waals surface area contributed by atoms with Gasteiger partial charge in [0.15, 0.2) is 0 Å². The van der Waals surface area contributed by atoms with Crippen molar-refractivity contribution in [2.75, 3.05) is 26.2 Å². The van der Waals surface area contributed by atoms with Gasteiger partial charge in [0, 0.05) is 12.6 Å². The van der Waals surface area contributed by atoms with Gasteiger partial charge in [0.1, 0.15) is 0 Å². The molecule has 16 heavy (non-hydrogen) atoms. The minimum Gasteiger partial charge on any atom is -0.315 e. The van der Waals surface area contributed by atoms with Gasteiger partial charge >= 0.3 is 0 Å². The van der Waals surface area contributed by atoms with Crippen LogP contribution >= 0.6 is 0 Å². The Morgan fingerprint density at radius 2 is 2.12 bits per heavy atom. The Hall–Kier alpha value is -0.0800. The van der Waals surface area contributed by atoms with E-state index in [1.807, 2.05) is 0 Å². The van der Waals surface area contributed by atoms with Crippen LogP contribution in [-0.2, 0) is 0 Å². The van der Waals surface area contributed by atoms with Crippen molar-refractivity contribution < 1.29 is 0 Å². The normalized spacial score (nSPS) is 22.9. The summed E-state index contributed by atoms with van der Waals surface area (Å²) in [6.45, 7) is 11.8. The zero-order valence-corrected chi connectivity index (χ0v) is 11.5. The van der Waals surface area contributed by atoms with E-state index in [0.29, 0.717) is 0 Å². The highest BCUT2D eigenvalue weighted by Crippen LogP contribution is 2.17. The lowest BCUT2D eigenvalue weighted by Gasteiger charge is -2.36. The average Bonchev–Trinajstić information content (AvgIpc) is 2.27. The Kier molecular flexibility index (Phi) is 7.06. The van der Waals surface area contributed by atoms with Crippen LogP contribution in [0.1, 0.15) is 52.9 Å². The predicted molar refractivity (Wildman–Crippen MR) is 71.8 cm³/mol. The maximum absolute atomic E-state index is 3.62. The summed E-state index contributed by atoms with van der Waals surface area (Å²) < 4.78 is 0. The van der Waals surface area contributed by atoms with Crippen LogP contribution in [0.15, 0.2) is 0 Å². The van der Waals surface area contributed by atoms with Gasteiger partial charge in [0.25, 0.3) is 0 Å². The molecule has 1 rings (SSSR count). The smallest absolute Gasteiger partial charge is 0.0220 e. The van der Waals surface area contributed by atoms with Gasteiger partial charge in [-0.15, -0.1) is 0 Å². The SMILES string of the molecule is CCCCN1CCCCC1CNCC(C)C. The molecule has 0 aliphatic carbocycles. The van der Waals surface area contributed by atoms with Gasteiger partial charge in [-0.1, -0.05) is 33.6 Å². The second kappa shape index (κ2) is 8.08. The lowest BCUT2D eigenvalue weighted by molar-refractivity contribution is 0.143. The second-order valence-electron chi connectivity index (χ2n) is 5.59. The largest absolute Gasteiger partial charge is 0.315 e. The molecule has 0 aromatic carbocycles. The summed E-state index contributed by atoms with van der Waals surface area (Å²) in [5.74, 6) is 0.771. The molecular formula is C14H30N2. The highest BCUT2D eigenvalue weighted by molar-refractivity contribution is 4.78. The molecular weight excluding hydrogens is 196 g/mol. The van der Waals surface area contributed by atoms with E-state index in [0.717, 1.165) is 18.5 Å². The van der Waals surface area contributed by atoms with Crippen molar-refractivity contribution in [3.05, 3.63) is 0 Å². The summed E-state index contributed by atoms with van der Waals surface area (Å²) in [6.07, 6.45) is 6.92. The lowest BCUT2D eigenvalue weighted by Crippen LogP contribution is -2.46. The quantitative estimate of drug-likeness (QED) is 0.718. The Labute approximate surface area is 102 Å². The van der Waals surface area contributed by atoms with Crippen molar-refractivity contribution in [1.29, 1.82) is 0 Å². The van der Waals surface area contributed by atoms with Gasteiger partial charge in [0.2, 0.25) is 0 Å². The average molecular weight is 226 g/mol. The molecule has 2 nitrogen and oxygen atoms in total. The van der Waals surface area contributed by atoms with Crippen molar-refractivity contribution >= 4 is 0 Å². The number of likely N-dealkylation sites (tertiary alicyclic amines) is 1. The van der Waals surface area contributed by atoms with Gasteiger partial charge in [-0.05, 0) is 44.8 Å². The first-order valence-corrected chi connectivity index (χ1v) is 7.18. The topological polar surface area (TPSA) is 15.3 Å². The minimum atomic E-state index is 0.771. The van der Waals surface area contributed by atoms with Gasteiger partial charge in [-0.25, -0.2) is 0 Å². The Morgan fingerprint density at radius 1 is 1.31 bits per heavy atom. The molecule has 1 aliphatic heterocycles. The van der Waals surface area contributed by atoms with Crippen LogP contribution in [-0.4, -0.2) is 37.1 Å². The zero-order chi connectivity index (χ0) is 11.8. The van der Waals surface area contributed by atoms with Crippen LogP contribution in [0.25, 0.3) is 0 Å². The third-order valence-electron chi connectivity index (χ3n) is 3.48. The third kappa shape index (κ3) is 5.31. The van der Waals surface area contributed by atoms with Gasteiger partial charge in [-0.2, -0.15) is 0 Å². The van der Waals surface area contributed by atoms with Crippen LogP contribution in [0.5, 0.6) is 0 Å². The molecule has 1 N–H and O–H groups in total. The monoisotopic (exact) mass is 226 g/mol. The fraction of sp³-hybridized carbons (Fsp3) is 1.00. The predicted octanol–water partition coefficient (Wildman–Crippen LogP) is 2.89. The summed E-state index contributed by atoms with van der Waals surface area (Å²) in [4.78, 5) is 2.71. The molecule has 1 aliphatic rings. The van der Waals surface area contributed by atoms with Crippen molar-refractivity contribution in [3.8, 4) is 0 Å². The van der Waals surface area contributed by atoms with E-state index in [9.17, 15) is 0 Å². The van der Waals surface area contributed by atoms with Crippen molar-refractivity contribution in [2.24, 2.45) is 5.92 Å². The molecule has 0 spiro atoms. The molecule has 0 saturated carbocycles. The zero-order valence-electron chi connectivity index (χ0n) is 11.5. The van der Waals surface area contributed by atoms with Crippen LogP contribution in [0, 0.1) is 5.92 Å². The van der Waals surface area contributed by atoms with Crippen LogP contribution in [0.2, 0.25) is 0 Å². The summed E-state index contributed by atoms with van der Waals surface area (Å²) in [6, 6.07) is 0.805. The molecule has 1 saturated heterocycles. The number of hydrogen-bond donors (Lipinski definition) is 1. The molecule has 0 radical (unpaired) electrons. The molecule has 0 bridgehead atoms. The first-order chi connectivity index (χ1) is 7.74. The molecule has 2 heteroatoms. The first kappa shape index (κ1) is 14.0. The number of unbranched alkanes of at least 4 members (excludes halogenated alkanes) is 1. The van der Waals surface area contributed by atoms with Gasteiger partial charge in [0.05, 0.1) is 0 Å². The highest BCUT2D eigenvalue weighted by Gasteiger charge is 2.20. The Morgan fingerprint density at radius 3 is 2.81 bits per heavy atom. The summed E-state index contributed by atoms with van der Waals surface area (Å²) >= 11 is 0. The molecule has 1 heterocycles. The number of hydrogen-bond acceptors (Lipinski definition) is 2. The van der Waals surface area contributed by atoms with E-state index in [-0.39, 0.29) is 0 Å². The highest BCUT2D eigenvalue weighted by atomic mass is 15.2. The van der Waals surface area contributed by atoms with Crippen molar-refractivity contribution in [3.63, 3.8) is 0 Å². The fourth-order valence-corrected chi connectivity index (χ4v) is 2.49. The molecule has 0 aromatic rings. The summed E-state index contributed by atoms with van der Waals surface area (Å²) in [5, 5.41) is 3.62. The van der Waals surface area contributed by atoms with Gasteiger partial charge in [-0.3, -0.25) is 4.90 Å². The second-order valence-corrected chi connectivity index (χ2v) is 5.59. The van der Waals surface area contributed by atoms with E-state index in [4.69, 9.17) is 0 Å². The van der Waals surface area contributed by atoms with Crippen LogP contribution in [0.4, 0.5) is 0 Å². The van der Waals surface area contributed by atoms with E-state index in [1.54, 1.807) is 0 Å². The van der Waals surface area contributed by atoms with Crippen LogP contribution in [0.3, 0.4) is 0 Å². The molecule has 1 unspecified atom stereocenters. The molecule has 0 amide bonds. The first-order valence-electron chi connectivity index (χ1n) is 7.18. The minimum absolute atomic E-state index is 0.771. The molecule has 0 aromatic heterocycles. The number of nitrogens with one attached hydrogen (secondary N) is 1. The summed E-state index contributed by atoms with van der Waals surface area (Å²) in [5.41, 5.74) is 0. The maximum Gasteiger partial charge on any atom is 0.0220 e. The molecule has 1 atom stereocenters. The third-order valence-corrected chi connectivity index (χ3v) is 3.48. The van der Waals surface area contributed by atoms with Crippen LogP contribution < -0.4 is 5.32 Å². The Bertz CT molecular complexity index is 168.